The lowest BCUT2D eigenvalue weighted by Gasteiger charge is -2.31. The van der Waals surface area contributed by atoms with Crippen LogP contribution in [0.1, 0.15) is 32.3 Å². The molecule has 0 amide bonds. The van der Waals surface area contributed by atoms with Crippen molar-refractivity contribution in [2.24, 2.45) is 5.92 Å². The molecule has 1 aliphatic heterocycles. The minimum atomic E-state index is 0.580. The zero-order chi connectivity index (χ0) is 16.8. The molecular weight excluding hydrogens is 312 g/mol. The van der Waals surface area contributed by atoms with Gasteiger partial charge in [-0.3, -0.25) is 4.90 Å². The zero-order valence-electron chi connectivity index (χ0n) is 14.7. The Balaban J connectivity index is 1.97. The van der Waals surface area contributed by atoms with Crippen LogP contribution >= 0.6 is 11.6 Å². The first-order valence-corrected chi connectivity index (χ1v) is 8.80. The van der Waals surface area contributed by atoms with Crippen molar-refractivity contribution in [1.29, 1.82) is 0 Å². The minimum Gasteiger partial charge on any atom is -0.493 e. The van der Waals surface area contributed by atoms with E-state index in [4.69, 9.17) is 21.1 Å². The second-order valence-electron chi connectivity index (χ2n) is 6.46. The third-order valence-electron chi connectivity index (χ3n) is 4.61. The second-order valence-corrected chi connectivity index (χ2v) is 6.84. The van der Waals surface area contributed by atoms with E-state index in [-0.39, 0.29) is 0 Å². The summed E-state index contributed by atoms with van der Waals surface area (Å²) in [7, 11) is 3.23. The minimum absolute atomic E-state index is 0.580. The van der Waals surface area contributed by atoms with Crippen molar-refractivity contribution in [2.75, 3.05) is 33.9 Å². The monoisotopic (exact) mass is 340 g/mol. The summed E-state index contributed by atoms with van der Waals surface area (Å²) in [6.07, 6.45) is 2.65. The molecule has 0 spiro atoms. The Morgan fingerprint density at radius 1 is 1.17 bits per heavy atom. The smallest absolute Gasteiger partial charge is 0.179 e. The van der Waals surface area contributed by atoms with Gasteiger partial charge in [-0.25, -0.2) is 0 Å². The maximum atomic E-state index is 6.44. The van der Waals surface area contributed by atoms with Gasteiger partial charge in [-0.1, -0.05) is 31.5 Å². The van der Waals surface area contributed by atoms with Crippen LogP contribution in [0.25, 0.3) is 0 Å². The van der Waals surface area contributed by atoms with Crippen LogP contribution in [0.3, 0.4) is 0 Å². The van der Waals surface area contributed by atoms with Crippen molar-refractivity contribution >= 4 is 11.6 Å². The van der Waals surface area contributed by atoms with Gasteiger partial charge in [-0.05, 0) is 43.5 Å². The average Bonchev–Trinajstić information content (AvgIpc) is 3.06. The molecule has 23 heavy (non-hydrogen) atoms. The van der Waals surface area contributed by atoms with Gasteiger partial charge in [0.15, 0.2) is 11.5 Å². The molecule has 1 atom stereocenters. The first-order chi connectivity index (χ1) is 11.1. The third-order valence-corrected chi connectivity index (χ3v) is 5.03. The highest BCUT2D eigenvalue weighted by atomic mass is 35.5. The summed E-state index contributed by atoms with van der Waals surface area (Å²) in [6, 6.07) is 4.48. The predicted octanol–water partition coefficient (Wildman–Crippen LogP) is 3.57. The van der Waals surface area contributed by atoms with E-state index < -0.39 is 0 Å². The molecule has 1 N–H and O–H groups in total. The topological polar surface area (TPSA) is 33.7 Å². The summed E-state index contributed by atoms with van der Waals surface area (Å²) < 4.78 is 10.6. The van der Waals surface area contributed by atoms with Gasteiger partial charge in [-0.2, -0.15) is 0 Å². The van der Waals surface area contributed by atoms with Gasteiger partial charge in [0, 0.05) is 19.1 Å². The molecule has 1 aliphatic rings. The van der Waals surface area contributed by atoms with Crippen LogP contribution in [-0.2, 0) is 6.54 Å². The lowest BCUT2D eigenvalue weighted by atomic mass is 10.0. The summed E-state index contributed by atoms with van der Waals surface area (Å²) in [4.78, 5) is 2.61. The van der Waals surface area contributed by atoms with E-state index in [9.17, 15) is 0 Å². The molecule has 1 saturated heterocycles. The van der Waals surface area contributed by atoms with Gasteiger partial charge in [0.05, 0.1) is 19.2 Å². The Bertz CT molecular complexity index is 502. The van der Waals surface area contributed by atoms with Gasteiger partial charge in [0.25, 0.3) is 0 Å². The maximum absolute atomic E-state index is 6.44. The van der Waals surface area contributed by atoms with E-state index in [1.807, 2.05) is 12.1 Å². The number of halogens is 1. The molecule has 0 radical (unpaired) electrons. The third kappa shape index (κ3) is 4.52. The average molecular weight is 341 g/mol. The van der Waals surface area contributed by atoms with Crippen molar-refractivity contribution in [3.63, 3.8) is 0 Å². The number of nitrogens with one attached hydrogen (secondary N) is 1. The molecule has 5 heteroatoms. The molecule has 4 nitrogen and oxygen atoms in total. The highest BCUT2D eigenvalue weighted by molar-refractivity contribution is 6.33. The fraction of sp³-hybridized carbons (Fsp3) is 0.667. The Morgan fingerprint density at radius 3 is 2.43 bits per heavy atom. The fourth-order valence-corrected chi connectivity index (χ4v) is 3.58. The van der Waals surface area contributed by atoms with Gasteiger partial charge in [0.1, 0.15) is 0 Å². The molecule has 0 bridgehead atoms. The Hall–Kier alpha value is -0.970. The van der Waals surface area contributed by atoms with Gasteiger partial charge >= 0.3 is 0 Å². The van der Waals surface area contributed by atoms with E-state index in [1.165, 1.54) is 25.9 Å². The molecule has 0 saturated carbocycles. The van der Waals surface area contributed by atoms with Crippen LogP contribution in [-0.4, -0.2) is 44.8 Å². The molecule has 2 rings (SSSR count). The van der Waals surface area contributed by atoms with E-state index in [2.05, 4.69) is 24.1 Å². The number of hydrogen-bond donors (Lipinski definition) is 1. The Kier molecular flexibility index (Phi) is 7.00. The molecule has 130 valence electrons. The van der Waals surface area contributed by atoms with E-state index in [1.54, 1.807) is 14.2 Å². The van der Waals surface area contributed by atoms with Crippen molar-refractivity contribution in [2.45, 2.75) is 39.3 Å². The SMILES string of the molecule is COc1ccc(CNCC(C(C)C)N2CCCC2)c(Cl)c1OC. The van der Waals surface area contributed by atoms with Crippen LogP contribution in [0.5, 0.6) is 11.5 Å². The van der Waals surface area contributed by atoms with Crippen LogP contribution in [0, 0.1) is 5.92 Å². The molecule has 0 aliphatic carbocycles. The summed E-state index contributed by atoms with van der Waals surface area (Å²) in [5.74, 6) is 1.91. The normalized spacial score (nSPS) is 16.8. The van der Waals surface area contributed by atoms with Gasteiger partial charge in [0.2, 0.25) is 0 Å². The molecule has 1 heterocycles. The predicted molar refractivity (Wildman–Crippen MR) is 95.7 cm³/mol. The zero-order valence-corrected chi connectivity index (χ0v) is 15.4. The fourth-order valence-electron chi connectivity index (χ4n) is 3.28. The molecule has 1 unspecified atom stereocenters. The summed E-state index contributed by atoms with van der Waals surface area (Å²) in [5, 5.41) is 4.19. The number of methoxy groups -OCH3 is 2. The van der Waals surface area contributed by atoms with Crippen molar-refractivity contribution < 1.29 is 9.47 Å². The number of hydrogen-bond acceptors (Lipinski definition) is 4. The molecule has 0 aromatic heterocycles. The largest absolute Gasteiger partial charge is 0.493 e. The summed E-state index contributed by atoms with van der Waals surface area (Å²) in [6.45, 7) is 8.75. The van der Waals surface area contributed by atoms with Crippen LogP contribution < -0.4 is 14.8 Å². The highest BCUT2D eigenvalue weighted by Gasteiger charge is 2.24. The van der Waals surface area contributed by atoms with Gasteiger partial charge < -0.3 is 14.8 Å². The molecule has 1 aromatic rings. The first-order valence-electron chi connectivity index (χ1n) is 8.42. The summed E-state index contributed by atoms with van der Waals surface area (Å²) in [5.41, 5.74) is 1.04. The van der Waals surface area contributed by atoms with Crippen molar-refractivity contribution in [1.82, 2.24) is 10.2 Å². The number of ether oxygens (including phenoxy) is 2. The summed E-state index contributed by atoms with van der Waals surface area (Å²) >= 11 is 6.44. The lowest BCUT2D eigenvalue weighted by molar-refractivity contribution is 0.186. The van der Waals surface area contributed by atoms with Crippen molar-refractivity contribution in [3.8, 4) is 11.5 Å². The van der Waals surface area contributed by atoms with E-state index >= 15 is 0 Å². The number of likely N-dealkylation sites (tertiary alicyclic amines) is 1. The van der Waals surface area contributed by atoms with Gasteiger partial charge in [-0.15, -0.1) is 0 Å². The van der Waals surface area contributed by atoms with Crippen LogP contribution in [0.2, 0.25) is 5.02 Å². The lowest BCUT2D eigenvalue weighted by Crippen LogP contribution is -2.44. The molecular formula is C18H29ClN2O2. The van der Waals surface area contributed by atoms with Crippen LogP contribution in [0.15, 0.2) is 12.1 Å². The molecule has 1 aromatic carbocycles. The molecule has 1 fully saturated rings. The Labute approximate surface area is 145 Å². The number of rotatable bonds is 8. The number of nitrogens with zero attached hydrogens (tertiary/aromatic N) is 1. The Morgan fingerprint density at radius 2 is 1.87 bits per heavy atom. The van der Waals surface area contributed by atoms with E-state index in [0.29, 0.717) is 28.5 Å². The van der Waals surface area contributed by atoms with Crippen LogP contribution in [0.4, 0.5) is 0 Å². The quantitative estimate of drug-likeness (QED) is 0.784. The number of benzene rings is 1. The highest BCUT2D eigenvalue weighted by Crippen LogP contribution is 2.37. The standard InChI is InChI=1S/C18H29ClN2O2/c1-13(2)15(21-9-5-6-10-21)12-20-11-14-7-8-16(22-3)18(23-4)17(14)19/h7-8,13,15,20H,5-6,9-12H2,1-4H3. The second kappa shape index (κ2) is 8.76. The maximum Gasteiger partial charge on any atom is 0.179 e. The van der Waals surface area contributed by atoms with E-state index in [0.717, 1.165) is 18.7 Å². The van der Waals surface area contributed by atoms with Crippen molar-refractivity contribution in [3.05, 3.63) is 22.7 Å². The first kappa shape index (κ1) is 18.4.